The molecule has 1 aliphatic carbocycles. The molecule has 0 unspecified atom stereocenters. The minimum absolute atomic E-state index is 0.00622. The molecule has 0 bridgehead atoms. The summed E-state index contributed by atoms with van der Waals surface area (Å²) in [6, 6.07) is 4.93. The molecule has 8 nitrogen and oxygen atoms in total. The van der Waals surface area contributed by atoms with E-state index in [0.717, 1.165) is 37.8 Å². The predicted molar refractivity (Wildman–Crippen MR) is 146 cm³/mol. The molecule has 1 aromatic carbocycles. The molecule has 1 amide bonds. The summed E-state index contributed by atoms with van der Waals surface area (Å²) in [5.74, 6) is -0.115. The Bertz CT molecular complexity index is 1450. The molecule has 1 atom stereocenters. The number of anilines is 1. The molecule has 2 aromatic heterocycles. The van der Waals surface area contributed by atoms with Crippen molar-refractivity contribution in [3.8, 4) is 0 Å². The first-order chi connectivity index (χ1) is 18.9. The number of carbonyl (C=O) groups is 1. The molecule has 1 N–H and O–H groups in total. The topological polar surface area (TPSA) is 85.1 Å². The number of carbonyl (C=O) groups excluding carboxylic acids is 1. The molecule has 40 heavy (non-hydrogen) atoms. The van der Waals surface area contributed by atoms with E-state index in [0.29, 0.717) is 23.2 Å². The van der Waals surface area contributed by atoms with Crippen LogP contribution in [0.15, 0.2) is 41.5 Å². The maximum absolute atomic E-state index is 13.9. The van der Waals surface area contributed by atoms with Gasteiger partial charge in [-0.3, -0.25) is 18.8 Å². The standard InChI is InChI=1S/C28H32ClF3N6O2/c1-16(2)34-27-35-24-15-36(25(39)18-5-10-23(29)22(14-18)28(30,31)32)17(3)13-21(24)26(40)38(27)20-8-6-19(7-9-20)37-12-4-11-33-37/h4-5,10-12,14,16-17,19-20H,6-9,13,15H2,1-3H3,(H,34,35)/t17-,19?,20?/m1/s1. The highest BCUT2D eigenvalue weighted by Gasteiger charge is 2.37. The van der Waals surface area contributed by atoms with Gasteiger partial charge in [-0.25, -0.2) is 4.98 Å². The second-order valence-corrected chi connectivity index (χ2v) is 11.4. The number of benzene rings is 1. The summed E-state index contributed by atoms with van der Waals surface area (Å²) in [5, 5.41) is 7.21. The van der Waals surface area contributed by atoms with Gasteiger partial charge in [-0.1, -0.05) is 11.6 Å². The van der Waals surface area contributed by atoms with Crippen LogP contribution in [0.3, 0.4) is 0 Å². The lowest BCUT2D eigenvalue weighted by Crippen LogP contribution is -2.46. The number of halogens is 4. The highest BCUT2D eigenvalue weighted by Crippen LogP contribution is 2.37. The molecule has 0 spiro atoms. The minimum atomic E-state index is -4.69. The van der Waals surface area contributed by atoms with Gasteiger partial charge in [0.25, 0.3) is 11.5 Å². The molecule has 1 aliphatic heterocycles. The molecule has 3 aromatic rings. The third kappa shape index (κ3) is 5.48. The Balaban J connectivity index is 1.45. The lowest BCUT2D eigenvalue weighted by molar-refractivity contribution is -0.137. The highest BCUT2D eigenvalue weighted by molar-refractivity contribution is 6.31. The van der Waals surface area contributed by atoms with Gasteiger partial charge in [0.1, 0.15) is 0 Å². The number of hydrogen-bond acceptors (Lipinski definition) is 5. The van der Waals surface area contributed by atoms with E-state index in [1.54, 1.807) is 17.7 Å². The largest absolute Gasteiger partial charge is 0.417 e. The van der Waals surface area contributed by atoms with Crippen molar-refractivity contribution in [1.82, 2.24) is 24.2 Å². The molecule has 214 valence electrons. The first-order valence-electron chi connectivity index (χ1n) is 13.5. The first-order valence-corrected chi connectivity index (χ1v) is 13.9. The Morgan fingerprint density at radius 1 is 1.15 bits per heavy atom. The van der Waals surface area contributed by atoms with Crippen molar-refractivity contribution in [1.29, 1.82) is 0 Å². The molecule has 2 aliphatic rings. The quantitative estimate of drug-likeness (QED) is 0.410. The van der Waals surface area contributed by atoms with Crippen LogP contribution in [0.2, 0.25) is 5.02 Å². The van der Waals surface area contributed by atoms with Gasteiger partial charge in [-0.05, 0) is 77.1 Å². The van der Waals surface area contributed by atoms with Crippen LogP contribution in [0.4, 0.5) is 19.1 Å². The lowest BCUT2D eigenvalue weighted by Gasteiger charge is -2.36. The van der Waals surface area contributed by atoms with Gasteiger partial charge in [0, 0.05) is 41.6 Å². The van der Waals surface area contributed by atoms with Crippen LogP contribution in [0, 0.1) is 0 Å². The van der Waals surface area contributed by atoms with E-state index in [2.05, 4.69) is 10.4 Å². The van der Waals surface area contributed by atoms with Crippen LogP contribution in [0.5, 0.6) is 0 Å². The van der Waals surface area contributed by atoms with Crippen molar-refractivity contribution in [2.75, 3.05) is 5.32 Å². The molecule has 0 saturated heterocycles. The number of alkyl halides is 3. The normalized spacial score (nSPS) is 21.4. The number of rotatable bonds is 5. The van der Waals surface area contributed by atoms with E-state index in [4.69, 9.17) is 16.6 Å². The van der Waals surface area contributed by atoms with E-state index < -0.39 is 28.7 Å². The molecule has 5 rings (SSSR count). The predicted octanol–water partition coefficient (Wildman–Crippen LogP) is 5.88. The molecule has 3 heterocycles. The zero-order valence-electron chi connectivity index (χ0n) is 22.6. The van der Waals surface area contributed by atoms with E-state index in [9.17, 15) is 22.8 Å². The van der Waals surface area contributed by atoms with Crippen LogP contribution >= 0.6 is 11.6 Å². The van der Waals surface area contributed by atoms with Crippen LogP contribution in [0.1, 0.15) is 85.7 Å². The Labute approximate surface area is 235 Å². The summed E-state index contributed by atoms with van der Waals surface area (Å²) in [5.41, 5.74) is -0.287. The molecule has 0 radical (unpaired) electrons. The Morgan fingerprint density at radius 3 is 2.48 bits per heavy atom. The lowest BCUT2D eigenvalue weighted by atomic mass is 9.90. The van der Waals surface area contributed by atoms with Crippen LogP contribution in [-0.2, 0) is 19.1 Å². The third-order valence-corrected chi connectivity index (χ3v) is 8.10. The second kappa shape index (κ2) is 10.9. The Hall–Kier alpha value is -3.34. The third-order valence-electron chi connectivity index (χ3n) is 7.77. The molecular formula is C28H32ClF3N6O2. The average molecular weight is 577 g/mol. The van der Waals surface area contributed by atoms with Crippen LogP contribution in [-0.4, -0.2) is 42.2 Å². The average Bonchev–Trinajstić information content (AvgIpc) is 3.43. The summed E-state index contributed by atoms with van der Waals surface area (Å²) in [6.07, 6.45) is 2.68. The SMILES string of the molecule is CC(C)Nc1nc2c(c(=O)n1C1CCC(n3cccn3)CC1)C[C@@H](C)N(C(=O)c1ccc(Cl)c(C(F)(F)F)c1)C2. The monoisotopic (exact) mass is 576 g/mol. The molecule has 12 heteroatoms. The van der Waals surface area contributed by atoms with Gasteiger partial charge >= 0.3 is 6.18 Å². The summed E-state index contributed by atoms with van der Waals surface area (Å²) >= 11 is 5.75. The van der Waals surface area contributed by atoms with E-state index >= 15 is 0 Å². The number of fused-ring (bicyclic) bond motifs is 1. The zero-order valence-corrected chi connectivity index (χ0v) is 23.3. The summed E-state index contributed by atoms with van der Waals surface area (Å²) in [7, 11) is 0. The van der Waals surface area contributed by atoms with Crippen molar-refractivity contribution in [3.63, 3.8) is 0 Å². The van der Waals surface area contributed by atoms with Crippen molar-refractivity contribution >= 4 is 23.5 Å². The maximum atomic E-state index is 13.9. The number of nitrogens with one attached hydrogen (secondary N) is 1. The van der Waals surface area contributed by atoms with Gasteiger partial charge in [-0.15, -0.1) is 0 Å². The fourth-order valence-electron chi connectivity index (χ4n) is 5.76. The molecule has 1 fully saturated rings. The van der Waals surface area contributed by atoms with Gasteiger partial charge in [0.2, 0.25) is 5.95 Å². The number of aromatic nitrogens is 4. The van der Waals surface area contributed by atoms with Gasteiger partial charge in [0.05, 0.1) is 28.9 Å². The fourth-order valence-corrected chi connectivity index (χ4v) is 5.99. The van der Waals surface area contributed by atoms with E-state index in [1.165, 1.54) is 11.0 Å². The van der Waals surface area contributed by atoms with Gasteiger partial charge < -0.3 is 10.2 Å². The number of amides is 1. The second-order valence-electron chi connectivity index (χ2n) is 11.0. The van der Waals surface area contributed by atoms with E-state index in [1.807, 2.05) is 30.8 Å². The Morgan fingerprint density at radius 2 is 1.85 bits per heavy atom. The zero-order chi connectivity index (χ0) is 28.8. The summed E-state index contributed by atoms with van der Waals surface area (Å²) < 4.78 is 44.0. The minimum Gasteiger partial charge on any atom is -0.353 e. The molecular weight excluding hydrogens is 545 g/mol. The van der Waals surface area contributed by atoms with E-state index in [-0.39, 0.29) is 36.2 Å². The smallest absolute Gasteiger partial charge is 0.353 e. The van der Waals surface area contributed by atoms with Gasteiger partial charge in [0.15, 0.2) is 0 Å². The summed E-state index contributed by atoms with van der Waals surface area (Å²) in [6.45, 7) is 5.73. The highest BCUT2D eigenvalue weighted by atomic mass is 35.5. The van der Waals surface area contributed by atoms with Crippen molar-refractivity contribution in [2.45, 2.75) is 89.8 Å². The maximum Gasteiger partial charge on any atom is 0.417 e. The van der Waals surface area contributed by atoms with Crippen molar-refractivity contribution in [3.05, 3.63) is 74.4 Å². The Kier molecular flexibility index (Phi) is 7.69. The van der Waals surface area contributed by atoms with Crippen LogP contribution < -0.4 is 10.9 Å². The van der Waals surface area contributed by atoms with Crippen LogP contribution in [0.25, 0.3) is 0 Å². The first kappa shape index (κ1) is 28.2. The van der Waals surface area contributed by atoms with Crippen molar-refractivity contribution < 1.29 is 18.0 Å². The number of nitrogens with zero attached hydrogens (tertiary/aromatic N) is 5. The van der Waals surface area contributed by atoms with Gasteiger partial charge in [-0.2, -0.15) is 18.3 Å². The van der Waals surface area contributed by atoms with Crippen molar-refractivity contribution in [2.24, 2.45) is 0 Å². The summed E-state index contributed by atoms with van der Waals surface area (Å²) in [4.78, 5) is 33.6. The fraction of sp³-hybridized carbons (Fsp3) is 0.500. The number of hydrogen-bond donors (Lipinski definition) is 1. The molecule has 1 saturated carbocycles.